The van der Waals surface area contributed by atoms with Gasteiger partial charge in [0.2, 0.25) is 6.29 Å². The minimum absolute atomic E-state index is 0.207. The highest BCUT2D eigenvalue weighted by molar-refractivity contribution is 5.77. The van der Waals surface area contributed by atoms with Gasteiger partial charge >= 0.3 is 0 Å². The highest BCUT2D eigenvalue weighted by Gasteiger charge is 2.44. The number of nitrogens with zero attached hydrogens (tertiary/aromatic N) is 1. The van der Waals surface area contributed by atoms with Gasteiger partial charge in [-0.2, -0.15) is 0 Å². The third kappa shape index (κ3) is 3.27. The van der Waals surface area contributed by atoms with Gasteiger partial charge in [-0.15, -0.1) is 0 Å². The normalized spacial score (nSPS) is 28.5. The molecular formula is C18H17NO8. The summed E-state index contributed by atoms with van der Waals surface area (Å²) < 4.78 is 16.6. The fourth-order valence-electron chi connectivity index (χ4n) is 2.96. The standard InChI is InChI=1S/C18H17NO8/c20-7-14-15(22)16(23)17(24)18(27-14)25-9-2-4-11-13(6-9)26-12-5-8(21)1-3-10(12)19-11/h1-6,14-18,20,22-24H,7H2/t14-,15+,16+,17-,18-/m1/s1. The molecule has 9 heteroatoms. The highest BCUT2D eigenvalue weighted by Crippen LogP contribution is 2.29. The second-order valence-corrected chi connectivity index (χ2v) is 6.29. The molecule has 2 aliphatic heterocycles. The molecule has 142 valence electrons. The summed E-state index contributed by atoms with van der Waals surface area (Å²) in [7, 11) is 0. The SMILES string of the molecule is O=c1ccc2nc3ccc(O[C@@H]4O[C@H](CO)[C@H](O)[C@H](O)[C@H]4O)cc3oc-2c1. The van der Waals surface area contributed by atoms with Crippen molar-refractivity contribution < 1.29 is 34.3 Å². The largest absolute Gasteiger partial charge is 0.462 e. The molecule has 4 N–H and O–H groups in total. The summed E-state index contributed by atoms with van der Waals surface area (Å²) in [6.45, 7) is -0.550. The highest BCUT2D eigenvalue weighted by atomic mass is 16.7. The zero-order valence-electron chi connectivity index (χ0n) is 13.9. The van der Waals surface area contributed by atoms with Gasteiger partial charge in [0.05, 0.1) is 6.61 Å². The molecule has 1 saturated heterocycles. The van der Waals surface area contributed by atoms with Gasteiger partial charge in [-0.25, -0.2) is 4.98 Å². The Morgan fingerprint density at radius 2 is 1.85 bits per heavy atom. The maximum atomic E-state index is 11.5. The number of benzene rings is 2. The van der Waals surface area contributed by atoms with E-state index in [0.29, 0.717) is 22.6 Å². The molecule has 0 bridgehead atoms. The summed E-state index contributed by atoms with van der Waals surface area (Å²) in [5, 5.41) is 38.9. The summed E-state index contributed by atoms with van der Waals surface area (Å²) in [6.07, 6.45) is -6.90. The van der Waals surface area contributed by atoms with Gasteiger partial charge in [0.1, 0.15) is 41.4 Å². The molecule has 9 nitrogen and oxygen atoms in total. The first-order chi connectivity index (χ1) is 13.0. The van der Waals surface area contributed by atoms with E-state index >= 15 is 0 Å². The second-order valence-electron chi connectivity index (χ2n) is 6.29. The Bertz CT molecular complexity index is 987. The molecule has 0 spiro atoms. The number of aliphatic hydroxyl groups excluding tert-OH is 4. The van der Waals surface area contributed by atoms with Crippen molar-refractivity contribution in [2.45, 2.75) is 30.7 Å². The van der Waals surface area contributed by atoms with Crippen LogP contribution in [0.4, 0.5) is 0 Å². The van der Waals surface area contributed by atoms with Crippen LogP contribution in [0.5, 0.6) is 5.75 Å². The third-order valence-corrected chi connectivity index (χ3v) is 4.42. The van der Waals surface area contributed by atoms with E-state index in [0.717, 1.165) is 0 Å². The molecule has 0 saturated carbocycles. The van der Waals surface area contributed by atoms with Gasteiger partial charge in [-0.3, -0.25) is 4.79 Å². The van der Waals surface area contributed by atoms with Crippen molar-refractivity contribution in [3.63, 3.8) is 0 Å². The van der Waals surface area contributed by atoms with Crippen LogP contribution in [-0.4, -0.2) is 62.7 Å². The molecule has 1 aromatic carbocycles. The van der Waals surface area contributed by atoms with E-state index in [1.54, 1.807) is 18.2 Å². The Labute approximate surface area is 152 Å². The van der Waals surface area contributed by atoms with Crippen LogP contribution in [0.2, 0.25) is 0 Å². The van der Waals surface area contributed by atoms with Crippen molar-refractivity contribution in [2.24, 2.45) is 0 Å². The quantitative estimate of drug-likeness (QED) is 0.444. The Morgan fingerprint density at radius 3 is 2.63 bits per heavy atom. The molecule has 0 aromatic heterocycles. The molecule has 1 aromatic rings. The van der Waals surface area contributed by atoms with E-state index < -0.39 is 37.3 Å². The fraction of sp³-hybridized carbons (Fsp3) is 0.333. The van der Waals surface area contributed by atoms with Crippen LogP contribution in [0.25, 0.3) is 22.6 Å². The van der Waals surface area contributed by atoms with E-state index in [1.807, 2.05) is 0 Å². The lowest BCUT2D eigenvalue weighted by Gasteiger charge is -2.39. The first-order valence-corrected chi connectivity index (χ1v) is 8.28. The Balaban J connectivity index is 1.65. The second kappa shape index (κ2) is 6.87. The Morgan fingerprint density at radius 1 is 1.04 bits per heavy atom. The Kier molecular flexibility index (Phi) is 4.54. The van der Waals surface area contributed by atoms with Crippen molar-refractivity contribution in [1.29, 1.82) is 0 Å². The zero-order chi connectivity index (χ0) is 19.1. The first-order valence-electron chi connectivity index (χ1n) is 8.28. The van der Waals surface area contributed by atoms with Gasteiger partial charge in [-0.05, 0) is 24.3 Å². The number of hydrogen-bond donors (Lipinski definition) is 4. The lowest BCUT2D eigenvalue weighted by Crippen LogP contribution is -2.60. The zero-order valence-corrected chi connectivity index (χ0v) is 13.9. The third-order valence-electron chi connectivity index (χ3n) is 4.42. The van der Waals surface area contributed by atoms with Crippen LogP contribution in [0.3, 0.4) is 0 Å². The molecule has 5 atom stereocenters. The summed E-state index contributed by atoms with van der Waals surface area (Å²) >= 11 is 0. The van der Waals surface area contributed by atoms with Crippen LogP contribution in [-0.2, 0) is 4.74 Å². The van der Waals surface area contributed by atoms with Gasteiger partial charge in [0.15, 0.2) is 16.8 Å². The maximum absolute atomic E-state index is 11.5. The first kappa shape index (κ1) is 17.8. The fourth-order valence-corrected chi connectivity index (χ4v) is 2.96. The van der Waals surface area contributed by atoms with Gasteiger partial charge in [0.25, 0.3) is 0 Å². The number of hydrogen-bond acceptors (Lipinski definition) is 9. The van der Waals surface area contributed by atoms with Crippen molar-refractivity contribution >= 4 is 11.1 Å². The van der Waals surface area contributed by atoms with Gasteiger partial charge < -0.3 is 34.3 Å². The molecule has 0 unspecified atom stereocenters. The smallest absolute Gasteiger partial charge is 0.229 e. The molecular weight excluding hydrogens is 358 g/mol. The minimum Gasteiger partial charge on any atom is -0.462 e. The Hall–Kier alpha value is -2.56. The molecule has 27 heavy (non-hydrogen) atoms. The molecule has 0 radical (unpaired) electrons. The van der Waals surface area contributed by atoms with Crippen molar-refractivity contribution in [3.8, 4) is 17.2 Å². The van der Waals surface area contributed by atoms with E-state index in [9.17, 15) is 25.2 Å². The topological polar surface area (TPSA) is 142 Å². The molecule has 0 amide bonds. The number of ether oxygens (including phenoxy) is 2. The number of aliphatic hydroxyl groups is 4. The molecule has 4 rings (SSSR count). The van der Waals surface area contributed by atoms with E-state index in [4.69, 9.17) is 13.9 Å². The molecule has 3 aliphatic rings. The minimum atomic E-state index is -1.54. The van der Waals surface area contributed by atoms with Crippen molar-refractivity contribution in [3.05, 3.63) is 46.6 Å². The predicted molar refractivity (Wildman–Crippen MR) is 91.3 cm³/mol. The van der Waals surface area contributed by atoms with Crippen LogP contribution in [0, 0.1) is 0 Å². The maximum Gasteiger partial charge on any atom is 0.229 e. The average Bonchev–Trinajstić information content (AvgIpc) is 2.66. The summed E-state index contributed by atoms with van der Waals surface area (Å²) in [5.41, 5.74) is 1.20. The molecule has 2 heterocycles. The number of rotatable bonds is 3. The van der Waals surface area contributed by atoms with E-state index in [1.165, 1.54) is 18.2 Å². The van der Waals surface area contributed by atoms with Crippen molar-refractivity contribution in [2.75, 3.05) is 6.61 Å². The van der Waals surface area contributed by atoms with Crippen LogP contribution in [0.15, 0.2) is 45.6 Å². The van der Waals surface area contributed by atoms with E-state index in [-0.39, 0.29) is 11.2 Å². The summed E-state index contributed by atoms with van der Waals surface area (Å²) in [5.74, 6) is 0.565. The van der Waals surface area contributed by atoms with E-state index in [2.05, 4.69) is 4.98 Å². The van der Waals surface area contributed by atoms with Gasteiger partial charge in [-0.1, -0.05) is 0 Å². The summed E-state index contributed by atoms with van der Waals surface area (Å²) in [4.78, 5) is 15.9. The summed E-state index contributed by atoms with van der Waals surface area (Å²) in [6, 6.07) is 8.99. The average molecular weight is 375 g/mol. The number of fused-ring (bicyclic) bond motifs is 2. The van der Waals surface area contributed by atoms with Crippen LogP contribution >= 0.6 is 0 Å². The lowest BCUT2D eigenvalue weighted by atomic mass is 9.99. The van der Waals surface area contributed by atoms with Crippen molar-refractivity contribution in [1.82, 2.24) is 4.98 Å². The molecule has 1 fully saturated rings. The lowest BCUT2D eigenvalue weighted by molar-refractivity contribution is -0.277. The van der Waals surface area contributed by atoms with Crippen LogP contribution in [0.1, 0.15) is 0 Å². The number of aromatic nitrogens is 1. The predicted octanol–water partition coefficient (Wildman–Crippen LogP) is -0.529. The monoisotopic (exact) mass is 375 g/mol. The van der Waals surface area contributed by atoms with Gasteiger partial charge in [0, 0.05) is 12.1 Å². The van der Waals surface area contributed by atoms with Crippen LogP contribution < -0.4 is 10.2 Å². The molecule has 1 aliphatic carbocycles.